The Morgan fingerprint density at radius 3 is 2.72 bits per heavy atom. The summed E-state index contributed by atoms with van der Waals surface area (Å²) in [7, 11) is 0. The molecule has 2 rings (SSSR count). The summed E-state index contributed by atoms with van der Waals surface area (Å²) in [6.07, 6.45) is 1.49. The summed E-state index contributed by atoms with van der Waals surface area (Å²) in [5.41, 5.74) is -0.153. The van der Waals surface area contributed by atoms with Gasteiger partial charge in [-0.25, -0.2) is 4.79 Å². The molecule has 7 heteroatoms. The van der Waals surface area contributed by atoms with Crippen LogP contribution in [0.5, 0.6) is 0 Å². The second kappa shape index (κ2) is 5.46. The van der Waals surface area contributed by atoms with Gasteiger partial charge >= 0.3 is 5.69 Å². The van der Waals surface area contributed by atoms with Crippen LogP contribution < -0.4 is 11.2 Å². The molecule has 4 nitrogen and oxygen atoms in total. The minimum atomic E-state index is -0.476. The Morgan fingerprint density at radius 2 is 2.00 bits per heavy atom. The highest BCUT2D eigenvalue weighted by atomic mass is 127. The van der Waals surface area contributed by atoms with Crippen molar-refractivity contribution >= 4 is 45.8 Å². The molecule has 0 amide bonds. The van der Waals surface area contributed by atoms with Crippen molar-refractivity contribution in [3.8, 4) is 0 Å². The molecule has 0 aliphatic rings. The standard InChI is InChI=1S/C11H7Cl2IN2O2/c12-7-1-2-8(13)6(3-7)4-16-5-9(14)10(17)15-11(16)18/h1-3,5H,4H2,(H,15,17,18). The van der Waals surface area contributed by atoms with Crippen molar-refractivity contribution in [2.45, 2.75) is 6.54 Å². The highest BCUT2D eigenvalue weighted by molar-refractivity contribution is 14.1. The summed E-state index contributed by atoms with van der Waals surface area (Å²) in [4.78, 5) is 25.1. The molecule has 1 heterocycles. The first kappa shape index (κ1) is 13.6. The Kier molecular flexibility index (Phi) is 4.14. The number of H-pyrrole nitrogens is 1. The van der Waals surface area contributed by atoms with Gasteiger partial charge in [0.1, 0.15) is 0 Å². The van der Waals surface area contributed by atoms with E-state index in [2.05, 4.69) is 4.98 Å². The summed E-state index contributed by atoms with van der Waals surface area (Å²) in [6.45, 7) is 0.255. The summed E-state index contributed by atoms with van der Waals surface area (Å²) < 4.78 is 1.81. The predicted molar refractivity (Wildman–Crippen MR) is 79.6 cm³/mol. The molecule has 0 aliphatic heterocycles. The molecule has 2 aromatic rings. The van der Waals surface area contributed by atoms with Crippen LogP contribution in [0.15, 0.2) is 34.0 Å². The van der Waals surface area contributed by atoms with Crippen molar-refractivity contribution in [3.05, 3.63) is 64.4 Å². The predicted octanol–water partition coefficient (Wildman–Crippen LogP) is 2.50. The van der Waals surface area contributed by atoms with Gasteiger partial charge in [0.05, 0.1) is 10.1 Å². The average molecular weight is 397 g/mol. The van der Waals surface area contributed by atoms with Crippen LogP contribution in [0.1, 0.15) is 5.56 Å². The fraction of sp³-hybridized carbons (Fsp3) is 0.0909. The third kappa shape index (κ3) is 2.96. The molecule has 0 saturated carbocycles. The first-order valence-electron chi connectivity index (χ1n) is 4.90. The normalized spacial score (nSPS) is 10.6. The second-order valence-electron chi connectivity index (χ2n) is 3.60. The lowest BCUT2D eigenvalue weighted by molar-refractivity contribution is 0.715. The number of hydrogen-bond donors (Lipinski definition) is 1. The SMILES string of the molecule is O=c1[nH]c(=O)n(Cc2cc(Cl)ccc2Cl)cc1I. The van der Waals surface area contributed by atoms with Crippen LogP contribution in [0.2, 0.25) is 10.0 Å². The second-order valence-corrected chi connectivity index (χ2v) is 5.61. The van der Waals surface area contributed by atoms with Crippen molar-refractivity contribution in [2.24, 2.45) is 0 Å². The van der Waals surface area contributed by atoms with E-state index in [0.717, 1.165) is 0 Å². The van der Waals surface area contributed by atoms with Crippen LogP contribution >= 0.6 is 45.8 Å². The monoisotopic (exact) mass is 396 g/mol. The highest BCUT2D eigenvalue weighted by Gasteiger charge is 2.06. The first-order valence-corrected chi connectivity index (χ1v) is 6.74. The lowest BCUT2D eigenvalue weighted by Gasteiger charge is -2.07. The van der Waals surface area contributed by atoms with Crippen molar-refractivity contribution in [1.82, 2.24) is 9.55 Å². The molecule has 94 valence electrons. The van der Waals surface area contributed by atoms with E-state index in [9.17, 15) is 9.59 Å². The van der Waals surface area contributed by atoms with Crippen molar-refractivity contribution in [3.63, 3.8) is 0 Å². The van der Waals surface area contributed by atoms with Gasteiger partial charge in [0, 0.05) is 16.2 Å². The van der Waals surface area contributed by atoms with Gasteiger partial charge < -0.3 is 0 Å². The molecule has 0 radical (unpaired) electrons. The average Bonchev–Trinajstić information content (AvgIpc) is 2.30. The van der Waals surface area contributed by atoms with E-state index in [0.29, 0.717) is 19.2 Å². The number of aromatic nitrogens is 2. The fourth-order valence-corrected chi connectivity index (χ4v) is 2.29. The largest absolute Gasteiger partial charge is 0.328 e. The maximum absolute atomic E-state index is 11.6. The Hall–Kier alpha value is -0.790. The summed E-state index contributed by atoms with van der Waals surface area (Å²) in [5, 5.41) is 1.06. The molecule has 0 aliphatic carbocycles. The summed E-state index contributed by atoms with van der Waals surface area (Å²) in [6, 6.07) is 5.03. The van der Waals surface area contributed by atoms with Crippen LogP contribution in [0, 0.1) is 3.57 Å². The highest BCUT2D eigenvalue weighted by Crippen LogP contribution is 2.21. The quantitative estimate of drug-likeness (QED) is 0.793. The molecule has 1 aromatic heterocycles. The smallest absolute Gasteiger partial charge is 0.295 e. The maximum atomic E-state index is 11.6. The van der Waals surface area contributed by atoms with Gasteiger partial charge in [0.2, 0.25) is 0 Å². The topological polar surface area (TPSA) is 54.9 Å². The number of benzene rings is 1. The van der Waals surface area contributed by atoms with Gasteiger partial charge in [-0.15, -0.1) is 0 Å². The van der Waals surface area contributed by atoms with Crippen LogP contribution in [-0.4, -0.2) is 9.55 Å². The van der Waals surface area contributed by atoms with E-state index < -0.39 is 11.2 Å². The number of hydrogen-bond acceptors (Lipinski definition) is 2. The van der Waals surface area contributed by atoms with Crippen molar-refractivity contribution in [2.75, 3.05) is 0 Å². The van der Waals surface area contributed by atoms with Gasteiger partial charge in [-0.2, -0.15) is 0 Å². The molecule has 0 unspecified atom stereocenters. The molecule has 0 fully saturated rings. The lowest BCUT2D eigenvalue weighted by atomic mass is 10.2. The van der Waals surface area contributed by atoms with Crippen LogP contribution in [0.25, 0.3) is 0 Å². The first-order chi connectivity index (χ1) is 8.47. The minimum Gasteiger partial charge on any atom is -0.295 e. The van der Waals surface area contributed by atoms with Gasteiger partial charge in [-0.3, -0.25) is 14.3 Å². The Morgan fingerprint density at radius 1 is 1.28 bits per heavy atom. The van der Waals surface area contributed by atoms with Crippen molar-refractivity contribution in [1.29, 1.82) is 0 Å². The fourth-order valence-electron chi connectivity index (χ4n) is 1.45. The van der Waals surface area contributed by atoms with Crippen molar-refractivity contribution < 1.29 is 0 Å². The Labute approximate surface area is 126 Å². The molecule has 0 atom stereocenters. The number of aromatic amines is 1. The van der Waals surface area contributed by atoms with E-state index in [1.165, 1.54) is 10.8 Å². The number of nitrogens with zero attached hydrogens (tertiary/aromatic N) is 1. The molecule has 0 saturated heterocycles. The molecule has 1 N–H and O–H groups in total. The zero-order chi connectivity index (χ0) is 13.3. The third-order valence-electron chi connectivity index (χ3n) is 2.32. The Balaban J connectivity index is 2.46. The van der Waals surface area contributed by atoms with Gasteiger partial charge in [-0.05, 0) is 46.4 Å². The van der Waals surface area contributed by atoms with E-state index in [-0.39, 0.29) is 6.54 Å². The number of rotatable bonds is 2. The third-order valence-corrected chi connectivity index (χ3v) is 3.69. The van der Waals surface area contributed by atoms with E-state index in [1.807, 2.05) is 22.6 Å². The molecule has 0 spiro atoms. The molecule has 1 aromatic carbocycles. The van der Waals surface area contributed by atoms with Gasteiger partial charge in [0.25, 0.3) is 5.56 Å². The lowest BCUT2D eigenvalue weighted by Crippen LogP contribution is -2.31. The van der Waals surface area contributed by atoms with E-state index in [1.54, 1.807) is 18.2 Å². The number of halogens is 3. The summed E-state index contributed by atoms with van der Waals surface area (Å²) in [5.74, 6) is 0. The minimum absolute atomic E-state index is 0.255. The summed E-state index contributed by atoms with van der Waals surface area (Å²) >= 11 is 13.8. The van der Waals surface area contributed by atoms with Crippen LogP contribution in [0.3, 0.4) is 0 Å². The molecule has 0 bridgehead atoms. The van der Waals surface area contributed by atoms with Crippen LogP contribution in [0.4, 0.5) is 0 Å². The molecular weight excluding hydrogens is 390 g/mol. The van der Waals surface area contributed by atoms with Gasteiger partial charge in [0.15, 0.2) is 0 Å². The van der Waals surface area contributed by atoms with Crippen LogP contribution in [-0.2, 0) is 6.54 Å². The zero-order valence-corrected chi connectivity index (χ0v) is 12.6. The van der Waals surface area contributed by atoms with Gasteiger partial charge in [-0.1, -0.05) is 23.2 Å². The van der Waals surface area contributed by atoms with E-state index in [4.69, 9.17) is 23.2 Å². The number of nitrogens with one attached hydrogen (secondary N) is 1. The maximum Gasteiger partial charge on any atom is 0.328 e. The Bertz CT molecular complexity index is 709. The van der Waals surface area contributed by atoms with E-state index >= 15 is 0 Å². The molecular formula is C11H7Cl2IN2O2. The molecule has 18 heavy (non-hydrogen) atoms. The zero-order valence-electron chi connectivity index (χ0n) is 8.91.